The summed E-state index contributed by atoms with van der Waals surface area (Å²) < 4.78 is 2.38. The van der Waals surface area contributed by atoms with Gasteiger partial charge in [0.2, 0.25) is 0 Å². The van der Waals surface area contributed by atoms with E-state index in [2.05, 4.69) is 181 Å². The smallest absolute Gasteiger partial charge is 0.145 e. The van der Waals surface area contributed by atoms with Crippen LogP contribution in [0.4, 0.5) is 0 Å². The number of fused-ring (bicyclic) bond motifs is 6. The molecule has 0 N–H and O–H groups in total. The van der Waals surface area contributed by atoms with Crippen LogP contribution in [0.5, 0.6) is 0 Å². The van der Waals surface area contributed by atoms with Gasteiger partial charge in [0.1, 0.15) is 5.82 Å². The van der Waals surface area contributed by atoms with Crippen LogP contribution in [0.1, 0.15) is 55.5 Å². The van der Waals surface area contributed by atoms with Gasteiger partial charge in [-0.1, -0.05) is 140 Å². The number of benzene rings is 7. The molecule has 0 radical (unpaired) electrons. The predicted molar refractivity (Wildman–Crippen MR) is 250 cm³/mol. The molecule has 4 aliphatic rings. The lowest BCUT2D eigenvalue weighted by atomic mass is 9.80. The van der Waals surface area contributed by atoms with Crippen molar-refractivity contribution < 1.29 is 0 Å². The normalized spacial score (nSPS) is 16.8. The molecule has 0 spiro atoms. The van der Waals surface area contributed by atoms with Crippen LogP contribution in [0.25, 0.3) is 94.9 Å². The van der Waals surface area contributed by atoms with E-state index >= 15 is 0 Å². The molecular formula is C57H44N2. The zero-order valence-corrected chi connectivity index (χ0v) is 33.2. The standard InChI is InChI=1S/C57H44N2/c1-3-15-39(16-4-1)55-46-21-9-10-22-47(46)56(48-23-13-19-42-34-43-27-26-38-14-7-8-20-45(38)50(43)36-51(42)48)49-33-30-41(35-52(49)55)37-28-31-44(32-29-37)59-54-25-12-11-24-53(54)58-57(59)40-17-5-2-6-18-40/h1-3,5-6,8-11,13,15,17-24,27-36,38H,4,7,12,14,16,25-26H2. The number of hydrogen-bond acceptors (Lipinski definition) is 1. The number of rotatable bonds is 5. The summed E-state index contributed by atoms with van der Waals surface area (Å²) in [4.78, 5) is 5.14. The van der Waals surface area contributed by atoms with Gasteiger partial charge in [0.25, 0.3) is 0 Å². The molecule has 0 saturated heterocycles. The van der Waals surface area contributed by atoms with Gasteiger partial charge in [-0.3, -0.25) is 4.57 Å². The van der Waals surface area contributed by atoms with E-state index in [4.69, 9.17) is 4.98 Å². The summed E-state index contributed by atoms with van der Waals surface area (Å²) in [5, 5.41) is 10.7. The number of allylic oxidation sites excluding steroid dienone is 7. The highest BCUT2D eigenvalue weighted by Gasteiger charge is 2.23. The van der Waals surface area contributed by atoms with Crippen LogP contribution in [0.3, 0.4) is 0 Å². The van der Waals surface area contributed by atoms with E-state index in [0.29, 0.717) is 5.92 Å². The van der Waals surface area contributed by atoms with Crippen LogP contribution in [-0.4, -0.2) is 9.55 Å². The maximum Gasteiger partial charge on any atom is 0.145 e. The summed E-state index contributed by atoms with van der Waals surface area (Å²) in [5.41, 5.74) is 14.0. The minimum atomic E-state index is 0.622. The molecule has 282 valence electrons. The molecule has 1 atom stereocenters. The molecule has 0 amide bonds. The van der Waals surface area contributed by atoms with Crippen LogP contribution in [0.2, 0.25) is 0 Å². The van der Waals surface area contributed by atoms with Crippen LogP contribution >= 0.6 is 0 Å². The van der Waals surface area contributed by atoms with Crippen molar-refractivity contribution in [3.05, 3.63) is 191 Å². The summed E-state index contributed by atoms with van der Waals surface area (Å²) >= 11 is 0. The van der Waals surface area contributed by atoms with Gasteiger partial charge in [0.15, 0.2) is 0 Å². The molecule has 4 aliphatic carbocycles. The van der Waals surface area contributed by atoms with E-state index in [9.17, 15) is 0 Å². The zero-order chi connectivity index (χ0) is 38.9. The molecule has 2 heteroatoms. The van der Waals surface area contributed by atoms with Gasteiger partial charge in [-0.05, 0) is 169 Å². The van der Waals surface area contributed by atoms with Gasteiger partial charge in [0.05, 0.1) is 11.4 Å². The van der Waals surface area contributed by atoms with Crippen molar-refractivity contribution >= 4 is 55.6 Å². The van der Waals surface area contributed by atoms with Gasteiger partial charge in [-0.25, -0.2) is 4.98 Å². The Balaban J connectivity index is 1.07. The average Bonchev–Trinajstić information content (AvgIpc) is 3.70. The van der Waals surface area contributed by atoms with E-state index < -0.39 is 0 Å². The second-order valence-corrected chi connectivity index (χ2v) is 16.7. The SMILES string of the molecule is C1=CCCC(c2c3ccccc3c(-c3cccc4cc5c(cc34)=C3C=CCCC3CC=5)c3ccc(-c4ccc(-n5c(-c6ccccc6)nc6c5CCC=C6)cc4)cc23)=C1. The highest BCUT2D eigenvalue weighted by Crippen LogP contribution is 2.46. The van der Waals surface area contributed by atoms with E-state index in [1.807, 2.05) is 0 Å². The van der Waals surface area contributed by atoms with Crippen LogP contribution < -0.4 is 10.4 Å². The average molecular weight is 757 g/mol. The molecule has 7 aromatic carbocycles. The number of nitrogens with zero attached hydrogens (tertiary/aromatic N) is 2. The first-order valence-corrected chi connectivity index (χ1v) is 21.5. The van der Waals surface area contributed by atoms with Crippen LogP contribution in [0.15, 0.2) is 164 Å². The summed E-state index contributed by atoms with van der Waals surface area (Å²) in [6.07, 6.45) is 26.3. The van der Waals surface area contributed by atoms with E-state index in [0.717, 1.165) is 54.9 Å². The lowest BCUT2D eigenvalue weighted by Crippen LogP contribution is -2.33. The maximum atomic E-state index is 5.14. The topological polar surface area (TPSA) is 17.8 Å². The van der Waals surface area contributed by atoms with Crippen molar-refractivity contribution in [2.75, 3.05) is 0 Å². The number of hydrogen-bond donors (Lipinski definition) is 0. The second-order valence-electron chi connectivity index (χ2n) is 16.7. The molecule has 1 aromatic heterocycles. The largest absolute Gasteiger partial charge is 0.296 e. The lowest BCUT2D eigenvalue weighted by Gasteiger charge is -2.24. The Kier molecular flexibility index (Phi) is 8.11. The first-order valence-electron chi connectivity index (χ1n) is 21.5. The molecule has 1 heterocycles. The Morgan fingerprint density at radius 3 is 2.24 bits per heavy atom. The minimum absolute atomic E-state index is 0.622. The quantitative estimate of drug-likeness (QED) is 0.160. The fraction of sp³-hybridized carbons (Fsp3) is 0.140. The first-order chi connectivity index (χ1) is 29.3. The predicted octanol–water partition coefficient (Wildman–Crippen LogP) is 13.3. The Morgan fingerprint density at radius 2 is 1.37 bits per heavy atom. The highest BCUT2D eigenvalue weighted by atomic mass is 15.1. The van der Waals surface area contributed by atoms with Crippen molar-refractivity contribution in [3.63, 3.8) is 0 Å². The molecule has 2 nitrogen and oxygen atoms in total. The summed E-state index contributed by atoms with van der Waals surface area (Å²) in [6.45, 7) is 0. The highest BCUT2D eigenvalue weighted by molar-refractivity contribution is 6.22. The maximum absolute atomic E-state index is 5.14. The lowest BCUT2D eigenvalue weighted by molar-refractivity contribution is 0.619. The molecule has 59 heavy (non-hydrogen) atoms. The van der Waals surface area contributed by atoms with Gasteiger partial charge >= 0.3 is 0 Å². The van der Waals surface area contributed by atoms with Gasteiger partial charge in [-0.2, -0.15) is 0 Å². The fourth-order valence-electron chi connectivity index (χ4n) is 10.5. The molecule has 1 unspecified atom stereocenters. The molecule has 8 aromatic rings. The first kappa shape index (κ1) is 34.3. The Hall–Kier alpha value is -6.77. The Labute approximate surface area is 345 Å². The van der Waals surface area contributed by atoms with Crippen molar-refractivity contribution in [3.8, 4) is 39.3 Å². The Bertz CT molecular complexity index is 3280. The summed E-state index contributed by atoms with van der Waals surface area (Å²) in [6, 6.07) is 48.1. The van der Waals surface area contributed by atoms with Crippen LogP contribution in [-0.2, 0) is 6.42 Å². The van der Waals surface area contributed by atoms with Crippen molar-refractivity contribution in [2.24, 2.45) is 5.92 Å². The molecule has 12 rings (SSSR count). The van der Waals surface area contributed by atoms with Crippen molar-refractivity contribution in [1.29, 1.82) is 0 Å². The number of aromatic nitrogens is 2. The van der Waals surface area contributed by atoms with Crippen molar-refractivity contribution in [2.45, 2.75) is 44.9 Å². The zero-order valence-electron chi connectivity index (χ0n) is 33.2. The molecule has 0 bridgehead atoms. The number of imidazole rings is 1. The van der Waals surface area contributed by atoms with Gasteiger partial charge in [0, 0.05) is 11.3 Å². The van der Waals surface area contributed by atoms with Crippen molar-refractivity contribution in [1.82, 2.24) is 9.55 Å². The van der Waals surface area contributed by atoms with Gasteiger partial charge in [-0.15, -0.1) is 0 Å². The third-order valence-electron chi connectivity index (χ3n) is 13.3. The Morgan fingerprint density at radius 1 is 0.576 bits per heavy atom. The molecule has 0 saturated carbocycles. The fourth-order valence-corrected chi connectivity index (χ4v) is 10.5. The monoisotopic (exact) mass is 756 g/mol. The molecular weight excluding hydrogens is 713 g/mol. The van der Waals surface area contributed by atoms with Crippen LogP contribution in [0, 0.1) is 5.92 Å². The molecule has 0 aliphatic heterocycles. The summed E-state index contributed by atoms with van der Waals surface area (Å²) in [5.74, 6) is 1.62. The minimum Gasteiger partial charge on any atom is -0.296 e. The molecule has 0 fully saturated rings. The third-order valence-corrected chi connectivity index (χ3v) is 13.3. The van der Waals surface area contributed by atoms with E-state index in [1.165, 1.54) is 100 Å². The summed E-state index contributed by atoms with van der Waals surface area (Å²) in [7, 11) is 0. The van der Waals surface area contributed by atoms with E-state index in [1.54, 1.807) is 0 Å². The van der Waals surface area contributed by atoms with Gasteiger partial charge < -0.3 is 0 Å². The second kappa shape index (κ2) is 14.0. The van der Waals surface area contributed by atoms with E-state index in [-0.39, 0.29) is 0 Å². The third kappa shape index (κ3) is 5.65.